The second kappa shape index (κ2) is 6.02. The van der Waals surface area contributed by atoms with Crippen molar-refractivity contribution >= 4 is 34.6 Å². The summed E-state index contributed by atoms with van der Waals surface area (Å²) in [5.74, 6) is -1.39. The van der Waals surface area contributed by atoms with E-state index in [1.54, 1.807) is 25.1 Å². The number of carboxylic acid groups (broad SMARTS) is 1. The Bertz CT molecular complexity index is 667. The molecular weight excluding hydrogens is 280 g/mol. The molecule has 1 aromatic heterocycles. The van der Waals surface area contributed by atoms with Crippen molar-refractivity contribution in [3.05, 3.63) is 41.0 Å². The first-order valence-electron chi connectivity index (χ1n) is 5.54. The largest absolute Gasteiger partial charge is 0.478 e. The molecule has 0 fully saturated rings. The maximum atomic E-state index is 12.1. The third-order valence-corrected chi connectivity index (χ3v) is 2.96. The van der Waals surface area contributed by atoms with Crippen molar-refractivity contribution in [1.29, 1.82) is 0 Å². The lowest BCUT2D eigenvalue weighted by Crippen LogP contribution is -2.13. The van der Waals surface area contributed by atoms with Gasteiger partial charge in [0.1, 0.15) is 0 Å². The van der Waals surface area contributed by atoms with Crippen molar-refractivity contribution in [3.8, 4) is 0 Å². The maximum absolute atomic E-state index is 12.1. The van der Waals surface area contributed by atoms with Crippen molar-refractivity contribution < 1.29 is 14.7 Å². The average molecular weight is 290 g/mol. The zero-order valence-electron chi connectivity index (χ0n) is 10.4. The lowest BCUT2D eigenvalue weighted by atomic mass is 10.0. The Hall–Kier alpha value is -2.61. The Morgan fingerprint density at radius 1 is 1.40 bits per heavy atom. The minimum absolute atomic E-state index is 0.306. The summed E-state index contributed by atoms with van der Waals surface area (Å²) < 4.78 is 3.55. The van der Waals surface area contributed by atoms with Gasteiger partial charge >= 0.3 is 5.97 Å². The number of amides is 1. The second-order valence-electron chi connectivity index (χ2n) is 3.87. The van der Waals surface area contributed by atoms with E-state index < -0.39 is 5.97 Å². The van der Waals surface area contributed by atoms with E-state index in [2.05, 4.69) is 20.1 Å². The first-order chi connectivity index (χ1) is 9.56. The van der Waals surface area contributed by atoms with Gasteiger partial charge in [-0.2, -0.15) is 0 Å². The van der Waals surface area contributed by atoms with Crippen LogP contribution in [0, 0.1) is 6.92 Å². The molecule has 1 heterocycles. The van der Waals surface area contributed by atoms with Crippen LogP contribution in [0.15, 0.2) is 24.3 Å². The zero-order valence-corrected chi connectivity index (χ0v) is 11.2. The molecule has 2 rings (SSSR count). The molecule has 0 bridgehead atoms. The number of aromatic nitrogens is 3. The fourth-order valence-corrected chi connectivity index (χ4v) is 1.86. The summed E-state index contributed by atoms with van der Waals surface area (Å²) in [5.41, 5.74) is 1.83. The van der Waals surface area contributed by atoms with Crippen LogP contribution >= 0.6 is 11.5 Å². The number of nitrogens with zero attached hydrogens (tertiary/aromatic N) is 3. The molecule has 7 nitrogen and oxygen atoms in total. The molecule has 0 aliphatic rings. The van der Waals surface area contributed by atoms with Crippen LogP contribution in [0.25, 0.3) is 6.08 Å². The van der Waals surface area contributed by atoms with Crippen LogP contribution in [0.4, 0.5) is 5.13 Å². The molecular formula is C12H10N4O3S. The fraction of sp³-hybridized carbons (Fsp3) is 0.0833. The number of hydrogen-bond acceptors (Lipinski definition) is 6. The quantitative estimate of drug-likeness (QED) is 0.828. The van der Waals surface area contributed by atoms with Crippen molar-refractivity contribution in [2.75, 3.05) is 5.32 Å². The first-order valence-corrected chi connectivity index (χ1v) is 6.31. The lowest BCUT2D eigenvalue weighted by Gasteiger charge is -2.06. The molecule has 2 N–H and O–H groups in total. The predicted molar refractivity (Wildman–Crippen MR) is 73.5 cm³/mol. The van der Waals surface area contributed by atoms with Gasteiger partial charge in [-0.05, 0) is 35.4 Å². The number of carboxylic acids is 1. The SMILES string of the molecule is Cc1ccc(/C=C/C(=O)O)cc1C(=O)Nc1nnns1. The number of benzene rings is 1. The van der Waals surface area contributed by atoms with Crippen molar-refractivity contribution in [2.45, 2.75) is 6.92 Å². The summed E-state index contributed by atoms with van der Waals surface area (Å²) in [4.78, 5) is 22.6. The van der Waals surface area contributed by atoms with E-state index in [4.69, 9.17) is 5.11 Å². The normalized spacial score (nSPS) is 10.7. The van der Waals surface area contributed by atoms with Crippen molar-refractivity contribution in [2.24, 2.45) is 0 Å². The molecule has 2 aromatic rings. The van der Waals surface area contributed by atoms with Crippen molar-refractivity contribution in [3.63, 3.8) is 0 Å². The standard InChI is InChI=1S/C12H10N4O3S/c1-7-2-3-8(4-5-10(17)18)6-9(7)11(19)13-12-14-15-16-20-12/h2-6H,1H3,(H,17,18)(H,13,14,16,19)/b5-4+. The fourth-order valence-electron chi connectivity index (χ4n) is 1.50. The van der Waals surface area contributed by atoms with Gasteiger partial charge in [0.2, 0.25) is 5.13 Å². The van der Waals surface area contributed by atoms with E-state index in [1.165, 1.54) is 6.08 Å². The number of carbonyl (C=O) groups is 2. The van der Waals surface area contributed by atoms with E-state index in [9.17, 15) is 9.59 Å². The van der Waals surface area contributed by atoms with Gasteiger partial charge in [0.25, 0.3) is 5.91 Å². The minimum Gasteiger partial charge on any atom is -0.478 e. The molecule has 0 aliphatic heterocycles. The topological polar surface area (TPSA) is 105 Å². The number of aliphatic carboxylic acids is 1. The summed E-state index contributed by atoms with van der Waals surface area (Å²) in [7, 11) is 0. The summed E-state index contributed by atoms with van der Waals surface area (Å²) in [6.45, 7) is 1.79. The van der Waals surface area contributed by atoms with Crippen LogP contribution in [0.5, 0.6) is 0 Å². The minimum atomic E-state index is -1.04. The van der Waals surface area contributed by atoms with E-state index in [1.807, 2.05) is 0 Å². The van der Waals surface area contributed by atoms with Crippen LogP contribution in [-0.4, -0.2) is 31.8 Å². The van der Waals surface area contributed by atoms with Gasteiger partial charge in [-0.1, -0.05) is 21.7 Å². The molecule has 0 saturated carbocycles. The zero-order chi connectivity index (χ0) is 14.5. The molecule has 20 heavy (non-hydrogen) atoms. The Morgan fingerprint density at radius 2 is 2.20 bits per heavy atom. The monoisotopic (exact) mass is 290 g/mol. The van der Waals surface area contributed by atoms with Gasteiger partial charge in [0.05, 0.1) is 0 Å². The molecule has 0 unspecified atom stereocenters. The third-order valence-electron chi connectivity index (χ3n) is 2.44. The summed E-state index contributed by atoms with van der Waals surface area (Å²) >= 11 is 0.974. The maximum Gasteiger partial charge on any atom is 0.328 e. The highest BCUT2D eigenvalue weighted by Crippen LogP contribution is 2.15. The van der Waals surface area contributed by atoms with Crippen LogP contribution in [-0.2, 0) is 4.79 Å². The lowest BCUT2D eigenvalue weighted by molar-refractivity contribution is -0.131. The van der Waals surface area contributed by atoms with Gasteiger partial charge in [-0.15, -0.1) is 0 Å². The van der Waals surface area contributed by atoms with Gasteiger partial charge < -0.3 is 5.11 Å². The Kier molecular flexibility index (Phi) is 4.16. The molecule has 1 amide bonds. The smallest absolute Gasteiger partial charge is 0.328 e. The third kappa shape index (κ3) is 3.45. The molecule has 0 aliphatic carbocycles. The molecule has 0 atom stereocenters. The van der Waals surface area contributed by atoms with E-state index in [0.717, 1.165) is 23.2 Å². The van der Waals surface area contributed by atoms with Crippen LogP contribution < -0.4 is 5.32 Å². The number of anilines is 1. The van der Waals surface area contributed by atoms with Gasteiger partial charge in [-0.25, -0.2) is 4.79 Å². The number of hydrogen-bond donors (Lipinski definition) is 2. The van der Waals surface area contributed by atoms with Crippen LogP contribution in [0.1, 0.15) is 21.5 Å². The number of carbonyl (C=O) groups excluding carboxylic acids is 1. The molecule has 1 aromatic carbocycles. The summed E-state index contributed by atoms with van der Waals surface area (Å²) in [5, 5.41) is 18.5. The van der Waals surface area contributed by atoms with Gasteiger partial charge in [-0.3, -0.25) is 10.1 Å². The molecule has 0 saturated heterocycles. The Labute approximate surface area is 118 Å². The summed E-state index contributed by atoms with van der Waals surface area (Å²) in [6, 6.07) is 5.09. The van der Waals surface area contributed by atoms with Crippen LogP contribution in [0.3, 0.4) is 0 Å². The highest BCUT2D eigenvalue weighted by atomic mass is 32.1. The first kappa shape index (κ1) is 13.8. The van der Waals surface area contributed by atoms with Gasteiger partial charge in [0, 0.05) is 23.2 Å². The Morgan fingerprint density at radius 3 is 2.85 bits per heavy atom. The highest BCUT2D eigenvalue weighted by molar-refractivity contribution is 7.09. The average Bonchev–Trinajstić information content (AvgIpc) is 2.90. The van der Waals surface area contributed by atoms with E-state index >= 15 is 0 Å². The van der Waals surface area contributed by atoms with Crippen molar-refractivity contribution in [1.82, 2.24) is 14.8 Å². The number of nitrogens with one attached hydrogen (secondary N) is 1. The van der Waals surface area contributed by atoms with Gasteiger partial charge in [0.15, 0.2) is 0 Å². The van der Waals surface area contributed by atoms with Crippen LogP contribution in [0.2, 0.25) is 0 Å². The predicted octanol–water partition coefficient (Wildman–Crippen LogP) is 1.59. The number of rotatable bonds is 4. The second-order valence-corrected chi connectivity index (χ2v) is 4.60. The highest BCUT2D eigenvalue weighted by Gasteiger charge is 2.11. The molecule has 102 valence electrons. The van der Waals surface area contributed by atoms with E-state index in [-0.39, 0.29) is 5.91 Å². The Balaban J connectivity index is 2.24. The number of aryl methyl sites for hydroxylation is 1. The molecule has 0 spiro atoms. The molecule has 8 heteroatoms. The summed E-state index contributed by atoms with van der Waals surface area (Å²) in [6.07, 6.45) is 2.44. The molecule has 0 radical (unpaired) electrons. The van der Waals surface area contributed by atoms with E-state index in [0.29, 0.717) is 16.3 Å².